The highest BCUT2D eigenvalue weighted by atomic mass is 35.5. The molecule has 1 N–H and O–H groups in total. The Morgan fingerprint density at radius 2 is 1.87 bits per heavy atom. The van der Waals surface area contributed by atoms with Crippen molar-refractivity contribution in [1.82, 2.24) is 5.43 Å². The maximum atomic E-state index is 13.3. The number of halogens is 4. The third kappa shape index (κ3) is 5.10. The predicted molar refractivity (Wildman–Crippen MR) is 89.1 cm³/mol. The molecule has 0 bridgehead atoms. The first kappa shape index (κ1) is 17.5. The summed E-state index contributed by atoms with van der Waals surface area (Å²) in [5.74, 6) is -0.765. The van der Waals surface area contributed by atoms with Gasteiger partial charge in [0, 0.05) is 11.6 Å². The summed E-state index contributed by atoms with van der Waals surface area (Å²) in [4.78, 5) is 11.6. The maximum absolute atomic E-state index is 13.3. The van der Waals surface area contributed by atoms with Crippen LogP contribution in [-0.4, -0.2) is 18.7 Å². The van der Waals surface area contributed by atoms with Crippen LogP contribution in [0.25, 0.3) is 0 Å². The number of amides is 1. The molecule has 0 aliphatic carbocycles. The minimum atomic E-state index is -0.542. The molecule has 0 saturated carbocycles. The number of carbonyl (C=O) groups is 1. The van der Waals surface area contributed by atoms with Crippen molar-refractivity contribution in [2.24, 2.45) is 5.10 Å². The van der Waals surface area contributed by atoms with Crippen molar-refractivity contribution in [1.29, 1.82) is 0 Å². The second-order valence-electron chi connectivity index (χ2n) is 4.30. The minimum absolute atomic E-state index is 0.217. The van der Waals surface area contributed by atoms with Crippen molar-refractivity contribution < 1.29 is 13.9 Å². The summed E-state index contributed by atoms with van der Waals surface area (Å²) in [6, 6.07) is 8.84. The molecule has 120 valence electrons. The largest absolute Gasteiger partial charge is 0.482 e. The molecule has 23 heavy (non-hydrogen) atoms. The van der Waals surface area contributed by atoms with Crippen LogP contribution in [0, 0.1) is 5.82 Å². The monoisotopic (exact) mass is 374 g/mol. The van der Waals surface area contributed by atoms with Crippen LogP contribution in [-0.2, 0) is 4.79 Å². The van der Waals surface area contributed by atoms with E-state index in [0.717, 1.165) is 0 Å². The fraction of sp³-hybridized carbons (Fsp3) is 0.0667. The van der Waals surface area contributed by atoms with Gasteiger partial charge in [0.25, 0.3) is 5.91 Å². The lowest BCUT2D eigenvalue weighted by Crippen LogP contribution is -2.24. The van der Waals surface area contributed by atoms with E-state index in [1.165, 1.54) is 30.5 Å². The molecular formula is C15H10Cl3FN2O2. The van der Waals surface area contributed by atoms with Gasteiger partial charge in [-0.1, -0.05) is 53.0 Å². The number of rotatable bonds is 5. The Bertz CT molecular complexity index is 753. The molecule has 1 amide bonds. The molecule has 8 heteroatoms. The Hall–Kier alpha value is -1.82. The van der Waals surface area contributed by atoms with Crippen molar-refractivity contribution in [2.45, 2.75) is 0 Å². The zero-order valence-electron chi connectivity index (χ0n) is 11.5. The fourth-order valence-electron chi connectivity index (χ4n) is 1.54. The third-order valence-corrected chi connectivity index (χ3v) is 3.65. The van der Waals surface area contributed by atoms with Crippen LogP contribution in [0.15, 0.2) is 41.5 Å². The second-order valence-corrected chi connectivity index (χ2v) is 5.52. The van der Waals surface area contributed by atoms with Crippen LogP contribution in [0.2, 0.25) is 15.1 Å². The number of ether oxygens (including phenoxy) is 1. The summed E-state index contributed by atoms with van der Waals surface area (Å²) in [5.41, 5.74) is 2.46. The molecule has 0 aromatic heterocycles. The van der Waals surface area contributed by atoms with Crippen molar-refractivity contribution in [3.63, 3.8) is 0 Å². The molecule has 2 aromatic rings. The van der Waals surface area contributed by atoms with Crippen molar-refractivity contribution >= 4 is 46.9 Å². The molecule has 2 aromatic carbocycles. The number of benzene rings is 2. The predicted octanol–water partition coefficient (Wildman–Crippen LogP) is 4.32. The standard InChI is InChI=1S/C15H10Cl3FN2O2/c16-10-5-12(18)14(6-11(10)17)23-8-15(22)21-20-7-9-3-1-2-4-13(9)19/h1-7H,8H2,(H,21,22). The van der Waals surface area contributed by atoms with E-state index in [1.807, 2.05) is 0 Å². The first-order chi connectivity index (χ1) is 11.0. The van der Waals surface area contributed by atoms with Crippen molar-refractivity contribution in [2.75, 3.05) is 6.61 Å². The highest BCUT2D eigenvalue weighted by Crippen LogP contribution is 2.33. The average Bonchev–Trinajstić information content (AvgIpc) is 2.51. The van der Waals surface area contributed by atoms with Crippen molar-refractivity contribution in [3.8, 4) is 5.75 Å². The van der Waals surface area contributed by atoms with E-state index in [0.29, 0.717) is 0 Å². The third-order valence-electron chi connectivity index (χ3n) is 2.63. The molecule has 0 aliphatic rings. The fourth-order valence-corrected chi connectivity index (χ4v) is 2.14. The van der Waals surface area contributed by atoms with Crippen LogP contribution in [0.3, 0.4) is 0 Å². The van der Waals surface area contributed by atoms with Gasteiger partial charge in [-0.15, -0.1) is 0 Å². The van der Waals surface area contributed by atoms with Gasteiger partial charge in [-0.3, -0.25) is 4.79 Å². The Kier molecular flexibility index (Phi) is 6.21. The van der Waals surface area contributed by atoms with Crippen molar-refractivity contribution in [3.05, 3.63) is 62.8 Å². The molecule has 0 heterocycles. The topological polar surface area (TPSA) is 50.7 Å². The molecule has 4 nitrogen and oxygen atoms in total. The molecule has 0 radical (unpaired) electrons. The average molecular weight is 376 g/mol. The quantitative estimate of drug-likeness (QED) is 0.481. The van der Waals surface area contributed by atoms with E-state index in [2.05, 4.69) is 10.5 Å². The van der Waals surface area contributed by atoms with Gasteiger partial charge in [0.05, 0.1) is 21.3 Å². The van der Waals surface area contributed by atoms with E-state index >= 15 is 0 Å². The number of nitrogens with zero attached hydrogens (tertiary/aromatic N) is 1. The van der Waals surface area contributed by atoms with Gasteiger partial charge < -0.3 is 4.74 Å². The van der Waals surface area contributed by atoms with Gasteiger partial charge in [-0.2, -0.15) is 5.10 Å². The SMILES string of the molecule is O=C(COc1cc(Cl)c(Cl)cc1Cl)NN=Cc1ccccc1F. The van der Waals surface area contributed by atoms with Crippen LogP contribution in [0.4, 0.5) is 4.39 Å². The first-order valence-electron chi connectivity index (χ1n) is 6.31. The lowest BCUT2D eigenvalue weighted by molar-refractivity contribution is -0.123. The molecule has 0 aliphatic heterocycles. The summed E-state index contributed by atoms with van der Waals surface area (Å²) in [6.45, 7) is -0.341. The lowest BCUT2D eigenvalue weighted by Gasteiger charge is -2.08. The lowest BCUT2D eigenvalue weighted by atomic mass is 10.2. The number of hydrogen-bond acceptors (Lipinski definition) is 3. The highest BCUT2D eigenvalue weighted by Gasteiger charge is 2.09. The number of hydrazone groups is 1. The van der Waals surface area contributed by atoms with E-state index in [-0.39, 0.29) is 33.0 Å². The van der Waals surface area contributed by atoms with Gasteiger partial charge in [-0.05, 0) is 12.1 Å². The first-order valence-corrected chi connectivity index (χ1v) is 7.44. The summed E-state index contributed by atoms with van der Waals surface area (Å²) in [7, 11) is 0. The zero-order chi connectivity index (χ0) is 16.8. The Labute approximate surface area is 146 Å². The molecule has 0 saturated heterocycles. The van der Waals surface area contributed by atoms with E-state index < -0.39 is 11.7 Å². The number of nitrogens with one attached hydrogen (secondary N) is 1. The molecular weight excluding hydrogens is 366 g/mol. The van der Waals surface area contributed by atoms with E-state index in [1.54, 1.807) is 12.1 Å². The highest BCUT2D eigenvalue weighted by molar-refractivity contribution is 6.43. The number of carbonyl (C=O) groups excluding carboxylic acids is 1. The molecule has 0 atom stereocenters. The summed E-state index contributed by atoms with van der Waals surface area (Å²) >= 11 is 17.5. The normalized spacial score (nSPS) is 10.8. The van der Waals surface area contributed by atoms with Crippen LogP contribution in [0.1, 0.15) is 5.56 Å². The summed E-state index contributed by atoms with van der Waals surface area (Å²) in [6.07, 6.45) is 1.19. The van der Waals surface area contributed by atoms with Gasteiger partial charge in [0.2, 0.25) is 0 Å². The smallest absolute Gasteiger partial charge is 0.277 e. The van der Waals surface area contributed by atoms with Crippen LogP contribution < -0.4 is 10.2 Å². The molecule has 0 fully saturated rings. The maximum Gasteiger partial charge on any atom is 0.277 e. The van der Waals surface area contributed by atoms with Crippen LogP contribution >= 0.6 is 34.8 Å². The van der Waals surface area contributed by atoms with E-state index in [4.69, 9.17) is 39.5 Å². The Morgan fingerprint density at radius 3 is 2.61 bits per heavy atom. The Balaban J connectivity index is 1.89. The zero-order valence-corrected chi connectivity index (χ0v) is 13.8. The summed E-state index contributed by atoms with van der Waals surface area (Å²) < 4.78 is 18.6. The van der Waals surface area contributed by atoms with Crippen LogP contribution in [0.5, 0.6) is 5.75 Å². The van der Waals surface area contributed by atoms with Gasteiger partial charge in [0.15, 0.2) is 6.61 Å². The van der Waals surface area contributed by atoms with Gasteiger partial charge in [0.1, 0.15) is 11.6 Å². The minimum Gasteiger partial charge on any atom is -0.482 e. The molecule has 0 spiro atoms. The van der Waals surface area contributed by atoms with Gasteiger partial charge in [-0.25, -0.2) is 9.82 Å². The van der Waals surface area contributed by atoms with E-state index in [9.17, 15) is 9.18 Å². The number of hydrogen-bond donors (Lipinski definition) is 1. The molecule has 2 rings (SSSR count). The van der Waals surface area contributed by atoms with Gasteiger partial charge >= 0.3 is 0 Å². The second kappa shape index (κ2) is 8.15. The molecule has 0 unspecified atom stereocenters. The summed E-state index contributed by atoms with van der Waals surface area (Å²) in [5, 5.41) is 4.40. The Morgan fingerprint density at radius 1 is 1.17 bits per heavy atom.